The minimum atomic E-state index is 0.0972. The van der Waals surface area contributed by atoms with E-state index in [-0.39, 0.29) is 6.03 Å². The van der Waals surface area contributed by atoms with Crippen LogP contribution in [0, 0.1) is 0 Å². The van der Waals surface area contributed by atoms with Crippen LogP contribution in [0.4, 0.5) is 4.79 Å². The topological polar surface area (TPSA) is 58.8 Å². The zero-order valence-electron chi connectivity index (χ0n) is 12.6. The maximum absolute atomic E-state index is 11.9. The van der Waals surface area contributed by atoms with Gasteiger partial charge in [0.25, 0.3) is 0 Å². The number of nitrogens with zero attached hydrogens (tertiary/aromatic N) is 2. The van der Waals surface area contributed by atoms with Crippen LogP contribution < -0.4 is 5.73 Å². The molecule has 0 aromatic rings. The van der Waals surface area contributed by atoms with Crippen LogP contribution in [0.3, 0.4) is 0 Å². The predicted octanol–water partition coefficient (Wildman–Crippen LogP) is 2.04. The van der Waals surface area contributed by atoms with E-state index in [0.29, 0.717) is 26.3 Å². The minimum absolute atomic E-state index is 0.0972. The SMILES string of the molecule is CCC.CN(CCC/C=C\N)C(=O)N1CCOCC1. The van der Waals surface area contributed by atoms with E-state index in [1.54, 1.807) is 11.1 Å². The molecule has 1 heterocycles. The molecule has 0 bridgehead atoms. The number of carbonyl (C=O) groups is 1. The van der Waals surface area contributed by atoms with Crippen molar-refractivity contribution in [2.45, 2.75) is 33.1 Å². The number of ether oxygens (including phenoxy) is 1. The van der Waals surface area contributed by atoms with E-state index in [1.807, 2.05) is 18.0 Å². The number of nitrogens with two attached hydrogens (primary N) is 1. The number of rotatable bonds is 4. The molecule has 0 atom stereocenters. The van der Waals surface area contributed by atoms with E-state index in [0.717, 1.165) is 19.4 Å². The largest absolute Gasteiger partial charge is 0.405 e. The fourth-order valence-corrected chi connectivity index (χ4v) is 1.63. The van der Waals surface area contributed by atoms with Crippen LogP contribution in [-0.4, -0.2) is 55.7 Å². The van der Waals surface area contributed by atoms with Gasteiger partial charge in [0.2, 0.25) is 0 Å². The smallest absolute Gasteiger partial charge is 0.319 e. The molecule has 1 fully saturated rings. The van der Waals surface area contributed by atoms with E-state index in [1.165, 1.54) is 6.42 Å². The summed E-state index contributed by atoms with van der Waals surface area (Å²) in [5.74, 6) is 0. The lowest BCUT2D eigenvalue weighted by atomic mass is 10.3. The van der Waals surface area contributed by atoms with Crippen molar-refractivity contribution in [2.24, 2.45) is 5.73 Å². The second-order valence-electron chi connectivity index (χ2n) is 4.58. The van der Waals surface area contributed by atoms with E-state index in [9.17, 15) is 4.79 Å². The van der Waals surface area contributed by atoms with Crippen LogP contribution in [0.1, 0.15) is 33.1 Å². The van der Waals surface area contributed by atoms with Crippen molar-refractivity contribution in [2.75, 3.05) is 39.9 Å². The molecule has 0 aliphatic carbocycles. The number of carbonyl (C=O) groups excluding carboxylic acids is 1. The molecule has 1 aliphatic heterocycles. The maximum Gasteiger partial charge on any atom is 0.319 e. The number of urea groups is 1. The molecule has 5 nitrogen and oxygen atoms in total. The van der Waals surface area contributed by atoms with E-state index < -0.39 is 0 Å². The summed E-state index contributed by atoms with van der Waals surface area (Å²) < 4.78 is 5.21. The minimum Gasteiger partial charge on any atom is -0.405 e. The summed E-state index contributed by atoms with van der Waals surface area (Å²) in [4.78, 5) is 15.5. The van der Waals surface area contributed by atoms with Gasteiger partial charge in [-0.05, 0) is 19.0 Å². The molecule has 0 unspecified atom stereocenters. The van der Waals surface area contributed by atoms with E-state index in [2.05, 4.69) is 13.8 Å². The standard InChI is InChI=1S/C11H21N3O2.C3H8/c1-13(6-4-2-3-5-12)11(15)14-7-9-16-10-8-14;1-3-2/h3,5H,2,4,6-10,12H2,1H3;3H2,1-2H3/b5-3-;. The fraction of sp³-hybridized carbons (Fsp3) is 0.786. The molecule has 112 valence electrons. The van der Waals surface area contributed by atoms with Gasteiger partial charge in [-0.25, -0.2) is 4.79 Å². The number of unbranched alkanes of at least 4 members (excludes halogenated alkanes) is 1. The second kappa shape index (κ2) is 11.8. The third kappa shape index (κ3) is 8.48. The average Bonchev–Trinajstić information content (AvgIpc) is 2.44. The number of hydrogen-bond donors (Lipinski definition) is 1. The molecule has 0 aromatic heterocycles. The Kier molecular flexibility index (Phi) is 11.1. The number of amides is 2. The Morgan fingerprint density at radius 3 is 2.47 bits per heavy atom. The first-order valence-corrected chi connectivity index (χ1v) is 7.11. The average molecular weight is 271 g/mol. The van der Waals surface area contributed by atoms with Gasteiger partial charge in [0.05, 0.1) is 13.2 Å². The van der Waals surface area contributed by atoms with Crippen LogP contribution in [0.15, 0.2) is 12.3 Å². The van der Waals surface area contributed by atoms with Gasteiger partial charge in [-0.15, -0.1) is 0 Å². The highest BCUT2D eigenvalue weighted by atomic mass is 16.5. The highest BCUT2D eigenvalue weighted by molar-refractivity contribution is 5.74. The van der Waals surface area contributed by atoms with Crippen LogP contribution in [0.5, 0.6) is 0 Å². The van der Waals surface area contributed by atoms with Crippen molar-refractivity contribution in [3.63, 3.8) is 0 Å². The molecule has 2 amide bonds. The second-order valence-corrected chi connectivity index (χ2v) is 4.58. The summed E-state index contributed by atoms with van der Waals surface area (Å²) in [5, 5.41) is 0. The van der Waals surface area contributed by atoms with E-state index >= 15 is 0 Å². The van der Waals surface area contributed by atoms with Crippen LogP contribution >= 0.6 is 0 Å². The molecule has 0 radical (unpaired) electrons. The van der Waals surface area contributed by atoms with Gasteiger partial charge in [-0.1, -0.05) is 26.3 Å². The van der Waals surface area contributed by atoms with Crippen molar-refractivity contribution >= 4 is 6.03 Å². The van der Waals surface area contributed by atoms with E-state index in [4.69, 9.17) is 10.5 Å². The lowest BCUT2D eigenvalue weighted by molar-refractivity contribution is 0.0453. The highest BCUT2D eigenvalue weighted by Crippen LogP contribution is 2.03. The third-order valence-electron chi connectivity index (χ3n) is 2.61. The first-order valence-electron chi connectivity index (χ1n) is 7.11. The lowest BCUT2D eigenvalue weighted by Gasteiger charge is -2.31. The zero-order chi connectivity index (χ0) is 14.5. The summed E-state index contributed by atoms with van der Waals surface area (Å²) in [6, 6.07) is 0.0972. The summed E-state index contributed by atoms with van der Waals surface area (Å²) in [5.41, 5.74) is 5.24. The van der Waals surface area contributed by atoms with Gasteiger partial charge >= 0.3 is 6.03 Å². The third-order valence-corrected chi connectivity index (χ3v) is 2.61. The highest BCUT2D eigenvalue weighted by Gasteiger charge is 2.19. The Morgan fingerprint density at radius 1 is 1.37 bits per heavy atom. The molecule has 1 aliphatic rings. The summed E-state index contributed by atoms with van der Waals surface area (Å²) in [6.45, 7) is 7.71. The molecule has 19 heavy (non-hydrogen) atoms. The molecular formula is C14H29N3O2. The van der Waals surface area contributed by atoms with Crippen molar-refractivity contribution in [1.82, 2.24) is 9.80 Å². The molecular weight excluding hydrogens is 242 g/mol. The van der Waals surface area contributed by atoms with Gasteiger partial charge in [0.15, 0.2) is 0 Å². The van der Waals surface area contributed by atoms with Gasteiger partial charge in [-0.2, -0.15) is 0 Å². The first kappa shape index (κ1) is 17.8. The zero-order valence-corrected chi connectivity index (χ0v) is 12.6. The van der Waals surface area contributed by atoms with Gasteiger partial charge in [-0.3, -0.25) is 0 Å². The van der Waals surface area contributed by atoms with Gasteiger partial charge < -0.3 is 20.3 Å². The monoisotopic (exact) mass is 271 g/mol. The molecule has 0 saturated carbocycles. The first-order chi connectivity index (χ1) is 9.17. The van der Waals surface area contributed by atoms with Crippen molar-refractivity contribution in [3.05, 3.63) is 12.3 Å². The summed E-state index contributed by atoms with van der Waals surface area (Å²) in [6.07, 6.45) is 6.56. The Balaban J connectivity index is 0.000000982. The molecule has 5 heteroatoms. The molecule has 0 aromatic carbocycles. The van der Waals surface area contributed by atoms with Crippen molar-refractivity contribution < 1.29 is 9.53 Å². The van der Waals surface area contributed by atoms with Crippen LogP contribution in [0.25, 0.3) is 0 Å². The lowest BCUT2D eigenvalue weighted by Crippen LogP contribution is -2.47. The number of allylic oxidation sites excluding steroid dienone is 1. The quantitative estimate of drug-likeness (QED) is 0.796. The fourth-order valence-electron chi connectivity index (χ4n) is 1.63. The molecule has 1 saturated heterocycles. The van der Waals surface area contributed by atoms with Gasteiger partial charge in [0, 0.05) is 26.7 Å². The Hall–Kier alpha value is -1.23. The Morgan fingerprint density at radius 2 is 1.95 bits per heavy atom. The molecule has 2 N–H and O–H groups in total. The number of morpholine rings is 1. The Bertz CT molecular complexity index is 251. The van der Waals surface area contributed by atoms with Crippen LogP contribution in [-0.2, 0) is 4.74 Å². The maximum atomic E-state index is 11.9. The van der Waals surface area contributed by atoms with Gasteiger partial charge in [0.1, 0.15) is 0 Å². The predicted molar refractivity (Wildman–Crippen MR) is 78.9 cm³/mol. The van der Waals surface area contributed by atoms with Crippen molar-refractivity contribution in [3.8, 4) is 0 Å². The molecule has 1 rings (SSSR count). The van der Waals surface area contributed by atoms with Crippen LogP contribution in [0.2, 0.25) is 0 Å². The summed E-state index contributed by atoms with van der Waals surface area (Å²) >= 11 is 0. The Labute approximate surface area is 117 Å². The molecule has 0 spiro atoms. The normalized spacial score (nSPS) is 15.0. The number of hydrogen-bond acceptors (Lipinski definition) is 3. The van der Waals surface area contributed by atoms with Crippen molar-refractivity contribution in [1.29, 1.82) is 0 Å². The summed E-state index contributed by atoms with van der Waals surface area (Å²) in [7, 11) is 1.84.